The van der Waals surface area contributed by atoms with Gasteiger partial charge in [-0.05, 0) is 44.0 Å². The van der Waals surface area contributed by atoms with Crippen LogP contribution in [0.15, 0.2) is 42.5 Å². The molecule has 2 N–H and O–H groups in total. The summed E-state index contributed by atoms with van der Waals surface area (Å²) in [7, 11) is 0. The van der Waals surface area contributed by atoms with Crippen LogP contribution in [0.3, 0.4) is 0 Å². The van der Waals surface area contributed by atoms with E-state index < -0.39 is 30.5 Å². The van der Waals surface area contributed by atoms with Crippen LogP contribution in [0.5, 0.6) is 5.75 Å². The summed E-state index contributed by atoms with van der Waals surface area (Å²) in [5, 5.41) is 12.2. The summed E-state index contributed by atoms with van der Waals surface area (Å²) in [4.78, 5) is 12.1. The van der Waals surface area contributed by atoms with E-state index in [1.54, 1.807) is 39.0 Å². The number of carbonyl (C=O) groups excluding carboxylic acids is 1. The second kappa shape index (κ2) is 18.3. The van der Waals surface area contributed by atoms with Crippen LogP contribution in [0.1, 0.15) is 84.9 Å². The van der Waals surface area contributed by atoms with E-state index in [0.717, 1.165) is 4.90 Å². The normalized spacial score (nSPS) is 16.0. The van der Waals surface area contributed by atoms with Gasteiger partial charge in [0.15, 0.2) is 0 Å². The van der Waals surface area contributed by atoms with Gasteiger partial charge in [0.25, 0.3) is 0 Å². The van der Waals surface area contributed by atoms with Crippen LogP contribution in [0.25, 0.3) is 0 Å². The molecule has 2 aromatic carbocycles. The molecule has 1 atom stereocenters. The monoisotopic (exact) mass is 554 g/mol. The Hall–Kier alpha value is -3.05. The van der Waals surface area contributed by atoms with Gasteiger partial charge < -0.3 is 10.4 Å². The molecule has 0 aliphatic carbocycles. The van der Waals surface area contributed by atoms with Crippen LogP contribution >= 0.6 is 0 Å². The van der Waals surface area contributed by atoms with E-state index in [0.29, 0.717) is 28.8 Å². The average molecular weight is 555 g/mol. The van der Waals surface area contributed by atoms with Crippen LogP contribution in [-0.2, 0) is 10.3 Å². The van der Waals surface area contributed by atoms with Crippen molar-refractivity contribution < 1.29 is 27.5 Å². The quantitative estimate of drug-likeness (QED) is 0.214. The number of amides is 1. The number of anilines is 1. The molecule has 0 aromatic heterocycles. The van der Waals surface area contributed by atoms with Crippen molar-refractivity contribution in [3.8, 4) is 18.1 Å². The number of carbonyl (C=O) groups is 1. The number of phenols is 1. The van der Waals surface area contributed by atoms with Gasteiger partial charge >= 0.3 is 11.8 Å². The number of halogens is 4. The molecule has 8 heteroatoms. The molecular formula is C31H46F4N2O2. The van der Waals surface area contributed by atoms with E-state index in [1.165, 1.54) is 37.1 Å². The minimum absolute atomic E-state index is 0.0429. The van der Waals surface area contributed by atoms with Crippen LogP contribution in [0.4, 0.5) is 23.2 Å². The lowest BCUT2D eigenvalue weighted by Crippen LogP contribution is -2.45. The van der Waals surface area contributed by atoms with E-state index in [-0.39, 0.29) is 5.75 Å². The molecule has 39 heavy (non-hydrogen) atoms. The van der Waals surface area contributed by atoms with Gasteiger partial charge in [-0.3, -0.25) is 9.69 Å². The van der Waals surface area contributed by atoms with Crippen molar-refractivity contribution in [3.05, 3.63) is 59.2 Å². The third-order valence-corrected chi connectivity index (χ3v) is 5.88. The topological polar surface area (TPSA) is 52.6 Å². The van der Waals surface area contributed by atoms with Crippen molar-refractivity contribution in [1.29, 1.82) is 0 Å². The molecule has 3 rings (SSSR count). The molecule has 1 aliphatic heterocycles. The smallest absolute Gasteiger partial charge is 0.323 e. The summed E-state index contributed by atoms with van der Waals surface area (Å²) in [5.41, 5.74) is 0.449. The molecule has 1 unspecified atom stereocenters. The number of aromatic hydroxyl groups is 1. The Morgan fingerprint density at radius 2 is 1.44 bits per heavy atom. The maximum atomic E-state index is 14.0. The van der Waals surface area contributed by atoms with Gasteiger partial charge in [-0.2, -0.15) is 17.6 Å². The maximum Gasteiger partial charge on any atom is 0.323 e. The average Bonchev–Trinajstić information content (AvgIpc) is 3.15. The highest BCUT2D eigenvalue weighted by molar-refractivity contribution is 5.77. The zero-order valence-electron chi connectivity index (χ0n) is 24.8. The Morgan fingerprint density at radius 1 is 1.00 bits per heavy atom. The van der Waals surface area contributed by atoms with Gasteiger partial charge in [-0.15, -0.1) is 12.3 Å². The van der Waals surface area contributed by atoms with Crippen LogP contribution in [0, 0.1) is 19.3 Å². The van der Waals surface area contributed by atoms with Crippen molar-refractivity contribution in [1.82, 2.24) is 4.90 Å². The minimum Gasteiger partial charge on any atom is -0.508 e. The van der Waals surface area contributed by atoms with Gasteiger partial charge in [0.2, 0.25) is 6.41 Å². The van der Waals surface area contributed by atoms with Crippen molar-refractivity contribution >= 4 is 12.1 Å². The van der Waals surface area contributed by atoms with Gasteiger partial charge in [0, 0.05) is 11.3 Å². The van der Waals surface area contributed by atoms with E-state index in [4.69, 9.17) is 0 Å². The molecule has 1 fully saturated rings. The number of likely N-dealkylation sites (tertiary alicyclic amines) is 1. The third-order valence-electron chi connectivity index (χ3n) is 5.88. The molecule has 0 spiro atoms. The molecule has 4 nitrogen and oxygen atoms in total. The zero-order chi connectivity index (χ0) is 30.9. The predicted octanol–water partition coefficient (Wildman–Crippen LogP) is 8.62. The molecule has 1 amide bonds. The number of hydrogen-bond donors (Lipinski definition) is 2. The zero-order valence-corrected chi connectivity index (χ0v) is 24.8. The second-order valence-electron chi connectivity index (χ2n) is 8.43. The van der Waals surface area contributed by atoms with Crippen LogP contribution in [-0.4, -0.2) is 41.4 Å². The number of aryl methyl sites for hydroxylation is 1. The fraction of sp³-hybridized carbons (Fsp3) is 0.516. The summed E-state index contributed by atoms with van der Waals surface area (Å²) >= 11 is 0. The van der Waals surface area contributed by atoms with E-state index >= 15 is 0 Å². The fourth-order valence-corrected chi connectivity index (χ4v) is 3.70. The van der Waals surface area contributed by atoms with Crippen molar-refractivity contribution in [2.45, 2.75) is 92.5 Å². The SMILES string of the molecule is C#CC.CC.CC.CCCC.Cc1cccc(C(C)(c2ccc(O)cc2)N2CC(F)(F)C(F)(F)C2)c1NC=O. The molecule has 1 saturated heterocycles. The standard InChI is InChI=1S/C20H20F4N2O2.C4H10.C3H4.2C2H6/c1-13-4-3-5-16(17(13)25-12-27)18(2,14-6-8-15(28)9-7-14)26-10-19(21,22)20(23,24)11-26;1-3-4-2;1-3-2;2*1-2/h3-9,12,28H,10-11H2,1-2H3,(H,25,27);3-4H2,1-2H3;1H,2H3;2*1-2H3. The van der Waals surface area contributed by atoms with E-state index in [9.17, 15) is 27.5 Å². The highest BCUT2D eigenvalue weighted by Crippen LogP contribution is 2.49. The number of benzene rings is 2. The molecule has 220 valence electrons. The number of para-hydroxylation sites is 1. The summed E-state index contributed by atoms with van der Waals surface area (Å²) in [6.07, 6.45) is 7.69. The van der Waals surface area contributed by atoms with Crippen LogP contribution < -0.4 is 5.32 Å². The van der Waals surface area contributed by atoms with Crippen molar-refractivity contribution in [2.24, 2.45) is 0 Å². The number of nitrogens with zero attached hydrogens (tertiary/aromatic N) is 1. The Morgan fingerprint density at radius 3 is 1.82 bits per heavy atom. The number of alkyl halides is 4. The summed E-state index contributed by atoms with van der Waals surface area (Å²) < 4.78 is 56.1. The number of terminal acetylenes is 1. The number of phenolic OH excluding ortho intramolecular Hbond substituents is 1. The molecular weight excluding hydrogens is 508 g/mol. The molecule has 1 heterocycles. The Bertz CT molecular complexity index is 987. The molecule has 0 radical (unpaired) electrons. The summed E-state index contributed by atoms with van der Waals surface area (Å²) in [5.74, 6) is -6.17. The molecule has 1 aliphatic rings. The lowest BCUT2D eigenvalue weighted by atomic mass is 9.81. The third kappa shape index (κ3) is 9.89. The maximum absolute atomic E-state index is 14.0. The first-order chi connectivity index (χ1) is 18.4. The Balaban J connectivity index is 0. The Kier molecular flexibility index (Phi) is 17.9. The van der Waals surface area contributed by atoms with E-state index in [1.807, 2.05) is 27.7 Å². The summed E-state index contributed by atoms with van der Waals surface area (Å²) in [6.45, 7) is 15.0. The van der Waals surface area contributed by atoms with Gasteiger partial charge in [0.1, 0.15) is 5.75 Å². The summed E-state index contributed by atoms with van der Waals surface area (Å²) in [6, 6.07) is 10.7. The number of nitrogens with one attached hydrogen (secondary N) is 1. The Labute approximate surface area is 232 Å². The molecule has 0 bridgehead atoms. The lowest BCUT2D eigenvalue weighted by molar-refractivity contribution is -0.172. The molecule has 0 saturated carbocycles. The van der Waals surface area contributed by atoms with Gasteiger partial charge in [-0.25, -0.2) is 0 Å². The number of hydrogen-bond acceptors (Lipinski definition) is 3. The first-order valence-corrected chi connectivity index (χ1v) is 13.3. The first-order valence-electron chi connectivity index (χ1n) is 13.3. The largest absolute Gasteiger partial charge is 0.508 e. The fourth-order valence-electron chi connectivity index (χ4n) is 3.70. The van der Waals surface area contributed by atoms with E-state index in [2.05, 4.69) is 31.5 Å². The van der Waals surface area contributed by atoms with Gasteiger partial charge in [-0.1, -0.05) is 84.7 Å². The second-order valence-corrected chi connectivity index (χ2v) is 8.43. The number of rotatable bonds is 6. The minimum atomic E-state index is -4.19. The lowest BCUT2D eigenvalue weighted by Gasteiger charge is -2.41. The predicted molar refractivity (Wildman–Crippen MR) is 155 cm³/mol. The molecule has 2 aromatic rings. The van der Waals surface area contributed by atoms with Crippen molar-refractivity contribution in [2.75, 3.05) is 18.4 Å². The van der Waals surface area contributed by atoms with Crippen LogP contribution in [0.2, 0.25) is 0 Å². The van der Waals surface area contributed by atoms with Crippen molar-refractivity contribution in [3.63, 3.8) is 0 Å². The highest BCUT2D eigenvalue weighted by Gasteiger charge is 2.65. The highest BCUT2D eigenvalue weighted by atomic mass is 19.3. The van der Waals surface area contributed by atoms with Gasteiger partial charge in [0.05, 0.1) is 18.6 Å². The first kappa shape index (κ1) is 38.1. The number of unbranched alkanes of at least 4 members (excludes halogenated alkanes) is 1.